The highest BCUT2D eigenvalue weighted by molar-refractivity contribution is 6.74. The van der Waals surface area contributed by atoms with Gasteiger partial charge in [-0.05, 0) is 30.3 Å². The molecule has 0 aromatic heterocycles. The summed E-state index contributed by atoms with van der Waals surface area (Å²) in [4.78, 5) is 11.8. The van der Waals surface area contributed by atoms with Crippen molar-refractivity contribution in [2.24, 2.45) is 0 Å². The van der Waals surface area contributed by atoms with E-state index in [0.29, 0.717) is 118 Å². The predicted octanol–water partition coefficient (Wildman–Crippen LogP) is 4.00. The second-order valence-corrected chi connectivity index (χ2v) is 15.8. The van der Waals surface area contributed by atoms with Crippen molar-refractivity contribution in [1.29, 1.82) is 0 Å². The van der Waals surface area contributed by atoms with E-state index in [1.165, 1.54) is 0 Å². The van der Waals surface area contributed by atoms with Gasteiger partial charge in [0.25, 0.3) is 0 Å². The first-order valence-corrected chi connectivity index (χ1v) is 18.1. The fourth-order valence-electron chi connectivity index (χ4n) is 3.06. The predicted molar refractivity (Wildman–Crippen MR) is 166 cm³/mol. The molecule has 250 valence electrons. The van der Waals surface area contributed by atoms with Crippen molar-refractivity contribution in [3.8, 4) is 0 Å². The second kappa shape index (κ2) is 25.8. The van der Waals surface area contributed by atoms with Gasteiger partial charge in [0.15, 0.2) is 8.32 Å². The number of hydrogen-bond acceptors (Lipinski definition) is 11. The van der Waals surface area contributed by atoms with Crippen LogP contribution in [0.3, 0.4) is 0 Å². The molecule has 0 aliphatic rings. The summed E-state index contributed by atoms with van der Waals surface area (Å²) < 4.78 is 55.0. The van der Waals surface area contributed by atoms with Gasteiger partial charge in [0.05, 0.1) is 118 Å². The van der Waals surface area contributed by atoms with Crippen molar-refractivity contribution < 1.29 is 51.9 Å². The van der Waals surface area contributed by atoms with Crippen molar-refractivity contribution >= 4 is 14.3 Å². The smallest absolute Gasteiger partial charge is 0.338 e. The summed E-state index contributed by atoms with van der Waals surface area (Å²) in [7, 11) is -1.70. The Hall–Kier alpha value is -1.45. The minimum Gasteiger partial charge on any atom is -0.460 e. The monoisotopic (exact) mass is 632 g/mol. The first-order valence-electron chi connectivity index (χ1n) is 15.2. The Balaban J connectivity index is 1.69. The molecule has 0 unspecified atom stereocenters. The molecule has 0 atom stereocenters. The lowest BCUT2D eigenvalue weighted by atomic mass is 10.2. The molecule has 0 amide bonds. The first-order chi connectivity index (χ1) is 20.7. The van der Waals surface area contributed by atoms with E-state index >= 15 is 0 Å². The van der Waals surface area contributed by atoms with E-state index in [9.17, 15) is 4.79 Å². The lowest BCUT2D eigenvalue weighted by Gasteiger charge is -2.36. The lowest BCUT2D eigenvalue weighted by Crippen LogP contribution is -2.41. The number of ether oxygens (including phenoxy) is 9. The van der Waals surface area contributed by atoms with E-state index < -0.39 is 8.32 Å². The molecule has 12 heteroatoms. The molecule has 0 N–H and O–H groups in total. The molecule has 0 saturated carbocycles. The molecule has 0 bridgehead atoms. The molecule has 1 rings (SSSR count). The molecule has 1 aromatic rings. The third-order valence-electron chi connectivity index (χ3n) is 6.57. The molecule has 43 heavy (non-hydrogen) atoms. The molecule has 1 aromatic carbocycles. The summed E-state index contributed by atoms with van der Waals surface area (Å²) in [6.07, 6.45) is 0. The normalized spacial score (nSPS) is 12.1. The van der Waals surface area contributed by atoms with Crippen LogP contribution in [-0.2, 0) is 47.1 Å². The number of esters is 1. The topological polar surface area (TPSA) is 109 Å². The number of benzene rings is 1. The summed E-state index contributed by atoms with van der Waals surface area (Å²) in [6.45, 7) is 19.9. The van der Waals surface area contributed by atoms with Crippen LogP contribution in [0.25, 0.3) is 0 Å². The summed E-state index contributed by atoms with van der Waals surface area (Å²) in [6, 6.07) is 8.86. The number of rotatable bonds is 29. The van der Waals surface area contributed by atoms with Crippen molar-refractivity contribution in [1.82, 2.24) is 0 Å². The van der Waals surface area contributed by atoms with Crippen molar-refractivity contribution in [2.75, 3.05) is 119 Å². The molecule has 11 nitrogen and oxygen atoms in total. The van der Waals surface area contributed by atoms with Gasteiger partial charge < -0.3 is 47.1 Å². The third-order valence-corrected chi connectivity index (χ3v) is 11.1. The zero-order valence-corrected chi connectivity index (χ0v) is 28.1. The SMILES string of the molecule is CC(C)(C)[Si](C)(C)OCCOCCOCCOCCOCCOCCOCCOCCOCCOC(=O)c1ccccc1. The van der Waals surface area contributed by atoms with Gasteiger partial charge in [-0.1, -0.05) is 39.0 Å². The highest BCUT2D eigenvalue weighted by atomic mass is 28.4. The van der Waals surface area contributed by atoms with Gasteiger partial charge in [0, 0.05) is 0 Å². The zero-order chi connectivity index (χ0) is 31.5. The molecule has 0 radical (unpaired) electrons. The van der Waals surface area contributed by atoms with Crippen LogP contribution < -0.4 is 0 Å². The molecular weight excluding hydrogens is 576 g/mol. The maximum atomic E-state index is 11.8. The van der Waals surface area contributed by atoms with Crippen molar-refractivity contribution in [3.05, 3.63) is 35.9 Å². The summed E-state index contributed by atoms with van der Waals surface area (Å²) in [5.41, 5.74) is 0.528. The van der Waals surface area contributed by atoms with Crippen molar-refractivity contribution in [2.45, 2.75) is 38.9 Å². The highest BCUT2D eigenvalue weighted by Crippen LogP contribution is 2.36. The maximum Gasteiger partial charge on any atom is 0.338 e. The fourth-order valence-corrected chi connectivity index (χ4v) is 4.09. The number of carbonyl (C=O) groups is 1. The minimum atomic E-state index is -1.70. The molecular formula is C31H56O11Si. The van der Waals surface area contributed by atoms with Crippen LogP contribution in [0.5, 0.6) is 0 Å². The Morgan fingerprint density at radius 2 is 0.814 bits per heavy atom. The van der Waals surface area contributed by atoms with Gasteiger partial charge in [0.1, 0.15) is 6.61 Å². The average molecular weight is 633 g/mol. The van der Waals surface area contributed by atoms with E-state index in [2.05, 4.69) is 33.9 Å². The second-order valence-electron chi connectivity index (χ2n) is 11.0. The molecule has 0 aliphatic carbocycles. The van der Waals surface area contributed by atoms with E-state index in [0.717, 1.165) is 0 Å². The van der Waals surface area contributed by atoms with E-state index in [1.54, 1.807) is 24.3 Å². The van der Waals surface area contributed by atoms with E-state index in [1.807, 2.05) is 6.07 Å². The standard InChI is InChI=1S/C31H56O11Si/c1-31(2,3)43(4,5)42-28-26-40-24-22-38-20-18-36-16-14-34-12-11-33-13-15-35-17-19-37-21-23-39-25-27-41-30(32)29-9-7-6-8-10-29/h6-10H,11-28H2,1-5H3. The largest absolute Gasteiger partial charge is 0.460 e. The van der Waals surface area contributed by atoms with Crippen LogP contribution in [0.1, 0.15) is 31.1 Å². The molecule has 0 saturated heterocycles. The van der Waals surface area contributed by atoms with E-state index in [-0.39, 0.29) is 17.6 Å². The minimum absolute atomic E-state index is 0.206. The Kier molecular flexibility index (Phi) is 23.8. The van der Waals surface area contributed by atoms with Crippen LogP contribution in [0.15, 0.2) is 30.3 Å². The summed E-state index contributed by atoms with van der Waals surface area (Å²) in [5.74, 6) is -0.353. The van der Waals surface area contributed by atoms with Crippen LogP contribution in [-0.4, -0.2) is 133 Å². The zero-order valence-electron chi connectivity index (χ0n) is 27.1. The van der Waals surface area contributed by atoms with Crippen LogP contribution in [0.4, 0.5) is 0 Å². The van der Waals surface area contributed by atoms with Crippen LogP contribution in [0.2, 0.25) is 18.1 Å². The third kappa shape index (κ3) is 22.7. The quantitative estimate of drug-likeness (QED) is 0.0726. The Bertz CT molecular complexity index is 775. The Morgan fingerprint density at radius 1 is 0.512 bits per heavy atom. The summed E-state index contributed by atoms with van der Waals surface area (Å²) >= 11 is 0. The first kappa shape index (κ1) is 39.6. The highest BCUT2D eigenvalue weighted by Gasteiger charge is 2.36. The molecule has 0 fully saturated rings. The molecule has 0 spiro atoms. The molecule has 0 heterocycles. The van der Waals surface area contributed by atoms with Gasteiger partial charge in [-0.15, -0.1) is 0 Å². The Morgan fingerprint density at radius 3 is 1.14 bits per heavy atom. The van der Waals surface area contributed by atoms with Crippen LogP contribution >= 0.6 is 0 Å². The fraction of sp³-hybridized carbons (Fsp3) is 0.774. The van der Waals surface area contributed by atoms with Gasteiger partial charge in [-0.25, -0.2) is 4.79 Å². The van der Waals surface area contributed by atoms with E-state index in [4.69, 9.17) is 47.1 Å². The van der Waals surface area contributed by atoms with Crippen molar-refractivity contribution in [3.63, 3.8) is 0 Å². The van der Waals surface area contributed by atoms with Gasteiger partial charge >= 0.3 is 5.97 Å². The average Bonchev–Trinajstić information content (AvgIpc) is 2.98. The Labute approximate surface area is 259 Å². The molecule has 0 aliphatic heterocycles. The number of hydrogen-bond donors (Lipinski definition) is 0. The van der Waals surface area contributed by atoms with Crippen LogP contribution in [0, 0.1) is 0 Å². The van der Waals surface area contributed by atoms with Gasteiger partial charge in [-0.3, -0.25) is 0 Å². The number of carbonyl (C=O) groups excluding carboxylic acids is 1. The van der Waals surface area contributed by atoms with Gasteiger partial charge in [0.2, 0.25) is 0 Å². The summed E-state index contributed by atoms with van der Waals surface area (Å²) in [5, 5.41) is 0.215. The van der Waals surface area contributed by atoms with Gasteiger partial charge in [-0.2, -0.15) is 0 Å². The maximum absolute atomic E-state index is 11.8. The lowest BCUT2D eigenvalue weighted by molar-refractivity contribution is -0.0248.